The molecule has 2 nitrogen and oxygen atoms in total. The van der Waals surface area contributed by atoms with Gasteiger partial charge >= 0.3 is 0 Å². The number of allylic oxidation sites excluding steroid dienone is 3. The Morgan fingerprint density at radius 1 is 1.14 bits per heavy atom. The first-order chi connectivity index (χ1) is 6.85. The Morgan fingerprint density at radius 2 is 1.86 bits per heavy atom. The lowest BCUT2D eigenvalue weighted by atomic mass is 10.2. The molecule has 1 N–H and O–H groups in total. The van der Waals surface area contributed by atoms with E-state index in [1.54, 1.807) is 0 Å². The van der Waals surface area contributed by atoms with Crippen molar-refractivity contribution in [1.29, 1.82) is 0 Å². The molecule has 0 aliphatic heterocycles. The molecule has 0 spiro atoms. The molecule has 0 aliphatic rings. The largest absolute Gasteiger partial charge is 0.395 e. The zero-order chi connectivity index (χ0) is 10.6. The van der Waals surface area contributed by atoms with Crippen LogP contribution in [0.5, 0.6) is 0 Å². The van der Waals surface area contributed by atoms with E-state index in [-0.39, 0.29) is 6.61 Å². The Hall–Kier alpha value is -0.600. The molecule has 0 atom stereocenters. The summed E-state index contributed by atoms with van der Waals surface area (Å²) >= 11 is 0. The maximum Gasteiger partial charge on any atom is 0.0558 e. The van der Waals surface area contributed by atoms with Crippen LogP contribution in [0.1, 0.15) is 26.7 Å². The van der Waals surface area contributed by atoms with Gasteiger partial charge in [-0.3, -0.25) is 4.90 Å². The van der Waals surface area contributed by atoms with Crippen LogP contribution in [0.4, 0.5) is 0 Å². The van der Waals surface area contributed by atoms with Crippen LogP contribution < -0.4 is 0 Å². The highest BCUT2D eigenvalue weighted by Crippen LogP contribution is 1.94. The van der Waals surface area contributed by atoms with Gasteiger partial charge in [0.2, 0.25) is 0 Å². The van der Waals surface area contributed by atoms with Crippen molar-refractivity contribution in [2.45, 2.75) is 26.7 Å². The van der Waals surface area contributed by atoms with Crippen molar-refractivity contribution in [2.75, 3.05) is 26.2 Å². The SMILES string of the molecule is CC=CCCC=CCN(CC)CCO. The normalized spacial score (nSPS) is 12.3. The van der Waals surface area contributed by atoms with E-state index in [4.69, 9.17) is 5.11 Å². The molecule has 0 bridgehead atoms. The molecule has 0 heterocycles. The van der Waals surface area contributed by atoms with Crippen molar-refractivity contribution in [2.24, 2.45) is 0 Å². The number of rotatable bonds is 8. The summed E-state index contributed by atoms with van der Waals surface area (Å²) in [4.78, 5) is 2.21. The van der Waals surface area contributed by atoms with Crippen LogP contribution in [0.15, 0.2) is 24.3 Å². The zero-order valence-electron chi connectivity index (χ0n) is 9.45. The number of hydrogen-bond donors (Lipinski definition) is 1. The molecule has 0 aromatic carbocycles. The molecule has 0 aromatic rings. The van der Waals surface area contributed by atoms with Gasteiger partial charge in [-0.05, 0) is 26.3 Å². The first-order valence-electron chi connectivity index (χ1n) is 5.44. The summed E-state index contributed by atoms with van der Waals surface area (Å²) < 4.78 is 0. The molecular weight excluding hydrogens is 174 g/mol. The molecule has 0 radical (unpaired) electrons. The molecule has 0 amide bonds. The number of aliphatic hydroxyl groups is 1. The predicted molar refractivity (Wildman–Crippen MR) is 62.4 cm³/mol. The molecule has 0 unspecified atom stereocenters. The molecule has 0 aromatic heterocycles. The van der Waals surface area contributed by atoms with Gasteiger partial charge < -0.3 is 5.11 Å². The maximum atomic E-state index is 8.77. The molecule has 0 saturated carbocycles. The van der Waals surface area contributed by atoms with E-state index in [0.29, 0.717) is 0 Å². The predicted octanol–water partition coefficient (Wildman–Crippen LogP) is 2.21. The van der Waals surface area contributed by atoms with Crippen molar-refractivity contribution in [3.8, 4) is 0 Å². The second-order valence-corrected chi connectivity index (χ2v) is 3.23. The van der Waals surface area contributed by atoms with E-state index in [9.17, 15) is 0 Å². The van der Waals surface area contributed by atoms with Gasteiger partial charge in [-0.25, -0.2) is 0 Å². The summed E-state index contributed by atoms with van der Waals surface area (Å²) in [6.07, 6.45) is 10.9. The average molecular weight is 197 g/mol. The van der Waals surface area contributed by atoms with Crippen LogP contribution in [-0.4, -0.2) is 36.2 Å². The maximum absolute atomic E-state index is 8.77. The van der Waals surface area contributed by atoms with Crippen LogP contribution in [0, 0.1) is 0 Å². The molecule has 2 heteroatoms. The first-order valence-corrected chi connectivity index (χ1v) is 5.44. The number of hydrogen-bond acceptors (Lipinski definition) is 2. The molecule has 0 fully saturated rings. The van der Waals surface area contributed by atoms with Crippen molar-refractivity contribution in [1.82, 2.24) is 4.90 Å². The Labute approximate surface area is 87.9 Å². The van der Waals surface area contributed by atoms with Crippen molar-refractivity contribution in [3.05, 3.63) is 24.3 Å². The molecule has 0 saturated heterocycles. The average Bonchev–Trinajstić information content (AvgIpc) is 2.21. The number of nitrogens with zero attached hydrogens (tertiary/aromatic N) is 1. The highest BCUT2D eigenvalue weighted by atomic mass is 16.3. The third-order valence-electron chi connectivity index (χ3n) is 2.13. The number of aliphatic hydroxyl groups excluding tert-OH is 1. The lowest BCUT2D eigenvalue weighted by Crippen LogP contribution is -2.26. The van der Waals surface area contributed by atoms with E-state index >= 15 is 0 Å². The third-order valence-corrected chi connectivity index (χ3v) is 2.13. The van der Waals surface area contributed by atoms with Crippen LogP contribution in [0.2, 0.25) is 0 Å². The van der Waals surface area contributed by atoms with E-state index in [1.165, 1.54) is 0 Å². The summed E-state index contributed by atoms with van der Waals surface area (Å²) in [5.41, 5.74) is 0. The molecular formula is C12H23NO. The molecule has 0 aliphatic carbocycles. The number of unbranched alkanes of at least 4 members (excludes halogenated alkanes) is 1. The van der Waals surface area contributed by atoms with Crippen LogP contribution in [0.3, 0.4) is 0 Å². The monoisotopic (exact) mass is 197 g/mol. The number of likely N-dealkylation sites (N-methyl/N-ethyl adjacent to an activating group) is 1. The van der Waals surface area contributed by atoms with Crippen molar-refractivity contribution >= 4 is 0 Å². The van der Waals surface area contributed by atoms with E-state index < -0.39 is 0 Å². The third kappa shape index (κ3) is 8.02. The molecule has 82 valence electrons. The molecule has 0 rings (SSSR count). The van der Waals surface area contributed by atoms with Gasteiger partial charge in [-0.1, -0.05) is 31.2 Å². The minimum atomic E-state index is 0.250. The summed E-state index contributed by atoms with van der Waals surface area (Å²) in [7, 11) is 0. The van der Waals surface area contributed by atoms with Gasteiger partial charge in [0.25, 0.3) is 0 Å². The lowest BCUT2D eigenvalue weighted by molar-refractivity contribution is 0.214. The fraction of sp³-hybridized carbons (Fsp3) is 0.667. The quantitative estimate of drug-likeness (QED) is 0.476. The summed E-state index contributed by atoms with van der Waals surface area (Å²) in [5, 5.41) is 8.77. The summed E-state index contributed by atoms with van der Waals surface area (Å²) in [5.74, 6) is 0. The fourth-order valence-electron chi connectivity index (χ4n) is 1.22. The van der Waals surface area contributed by atoms with Gasteiger partial charge in [-0.2, -0.15) is 0 Å². The van der Waals surface area contributed by atoms with Crippen LogP contribution in [0.25, 0.3) is 0 Å². The Bertz CT molecular complexity index is 164. The van der Waals surface area contributed by atoms with Gasteiger partial charge in [0, 0.05) is 13.1 Å². The van der Waals surface area contributed by atoms with Gasteiger partial charge in [0.15, 0.2) is 0 Å². The second-order valence-electron chi connectivity index (χ2n) is 3.23. The van der Waals surface area contributed by atoms with E-state index in [2.05, 4.69) is 36.1 Å². The smallest absolute Gasteiger partial charge is 0.0558 e. The van der Waals surface area contributed by atoms with Crippen LogP contribution >= 0.6 is 0 Å². The second kappa shape index (κ2) is 10.5. The summed E-state index contributed by atoms with van der Waals surface area (Å²) in [6, 6.07) is 0. The topological polar surface area (TPSA) is 23.5 Å². The first kappa shape index (κ1) is 13.4. The van der Waals surface area contributed by atoms with Crippen molar-refractivity contribution in [3.63, 3.8) is 0 Å². The van der Waals surface area contributed by atoms with Crippen molar-refractivity contribution < 1.29 is 5.11 Å². The van der Waals surface area contributed by atoms with E-state index in [0.717, 1.165) is 32.5 Å². The van der Waals surface area contributed by atoms with Gasteiger partial charge in [0.05, 0.1) is 6.61 Å². The summed E-state index contributed by atoms with van der Waals surface area (Å²) in [6.45, 7) is 7.13. The lowest BCUT2D eigenvalue weighted by Gasteiger charge is -2.16. The zero-order valence-corrected chi connectivity index (χ0v) is 9.45. The van der Waals surface area contributed by atoms with Crippen LogP contribution in [-0.2, 0) is 0 Å². The van der Waals surface area contributed by atoms with E-state index in [1.807, 2.05) is 6.92 Å². The molecule has 14 heavy (non-hydrogen) atoms. The standard InChI is InChI=1S/C12H23NO/c1-3-5-6-7-8-9-10-13(4-2)11-12-14/h3,5,8-9,14H,4,6-7,10-12H2,1-2H3. The minimum absolute atomic E-state index is 0.250. The highest BCUT2D eigenvalue weighted by Gasteiger charge is 1.96. The Kier molecular flexibility index (Phi) is 10.0. The van der Waals surface area contributed by atoms with Gasteiger partial charge in [0.1, 0.15) is 0 Å². The fourth-order valence-corrected chi connectivity index (χ4v) is 1.22. The van der Waals surface area contributed by atoms with Gasteiger partial charge in [-0.15, -0.1) is 0 Å². The highest BCUT2D eigenvalue weighted by molar-refractivity contribution is 4.88. The Morgan fingerprint density at radius 3 is 2.43 bits per heavy atom. The Balaban J connectivity index is 3.47. The minimum Gasteiger partial charge on any atom is -0.395 e.